The van der Waals surface area contributed by atoms with Gasteiger partial charge in [-0.15, -0.1) is 0 Å². The van der Waals surface area contributed by atoms with Crippen LogP contribution in [0.1, 0.15) is 0 Å². The average molecular weight is 192 g/mol. The number of aliphatic hydroxyl groups is 1. The van der Waals surface area contributed by atoms with Gasteiger partial charge in [-0.05, 0) is 0 Å². The fourth-order valence-corrected chi connectivity index (χ4v) is 0.807. The summed E-state index contributed by atoms with van der Waals surface area (Å²) in [5.41, 5.74) is 0. The molecule has 0 aromatic rings. The van der Waals surface area contributed by atoms with Crippen molar-refractivity contribution >= 4 is 0 Å². The topological polar surface area (TPSA) is 60.5 Å². The zero-order valence-electron chi connectivity index (χ0n) is 7.77. The number of rotatable bonds is 8. The lowest BCUT2D eigenvalue weighted by atomic mass is 10.5. The summed E-state index contributed by atoms with van der Waals surface area (Å²) in [6, 6.07) is 0. The molecule has 1 aliphatic heterocycles. The minimum atomic E-state index is -0.365. The molecule has 13 heavy (non-hydrogen) atoms. The number of aliphatic hydroxyl groups excluding tert-OH is 1. The Bertz CT molecular complexity index is 126. The second-order valence-corrected chi connectivity index (χ2v) is 2.75. The first-order valence-corrected chi connectivity index (χ1v) is 4.31. The highest BCUT2D eigenvalue weighted by Gasteiger charge is 2.24. The van der Waals surface area contributed by atoms with Gasteiger partial charge in [-0.3, -0.25) is 0 Å². The van der Waals surface area contributed by atoms with Crippen LogP contribution >= 0.6 is 0 Å². The molecule has 0 aliphatic carbocycles. The predicted molar refractivity (Wildman–Crippen MR) is 44.4 cm³/mol. The summed E-state index contributed by atoms with van der Waals surface area (Å²) in [4.78, 5) is 0. The van der Waals surface area contributed by atoms with Crippen molar-refractivity contribution < 1.29 is 24.1 Å². The summed E-state index contributed by atoms with van der Waals surface area (Å²) in [5, 5.41) is 8.45. The summed E-state index contributed by atoms with van der Waals surface area (Å²) in [6.07, 6.45) is -0.133. The predicted octanol–water partition coefficient (Wildman–Crippen LogP) is -0.617. The highest BCUT2D eigenvalue weighted by atomic mass is 16.7. The normalized spacial score (nSPS) is 23.1. The molecule has 1 heterocycles. The van der Waals surface area contributed by atoms with E-state index in [1.54, 1.807) is 7.11 Å². The van der Waals surface area contributed by atoms with Crippen molar-refractivity contribution in [1.82, 2.24) is 0 Å². The molecule has 5 heteroatoms. The summed E-state index contributed by atoms with van der Waals surface area (Å²) >= 11 is 0. The lowest BCUT2D eigenvalue weighted by molar-refractivity contribution is -0.160. The van der Waals surface area contributed by atoms with Crippen molar-refractivity contribution in [2.45, 2.75) is 12.4 Å². The van der Waals surface area contributed by atoms with E-state index in [9.17, 15) is 0 Å². The van der Waals surface area contributed by atoms with E-state index in [1.807, 2.05) is 0 Å². The quantitative estimate of drug-likeness (QED) is 0.315. The number of ether oxygens (including phenoxy) is 4. The zero-order valence-corrected chi connectivity index (χ0v) is 7.77. The molecule has 1 N–H and O–H groups in total. The SMILES string of the molecule is COC(COCCO)OCC1CO1. The Labute approximate surface area is 77.5 Å². The van der Waals surface area contributed by atoms with E-state index >= 15 is 0 Å². The van der Waals surface area contributed by atoms with Crippen molar-refractivity contribution in [3.8, 4) is 0 Å². The summed E-state index contributed by atoms with van der Waals surface area (Å²) in [6.45, 7) is 1.98. The first-order valence-electron chi connectivity index (χ1n) is 4.31. The Morgan fingerprint density at radius 3 is 2.92 bits per heavy atom. The lowest BCUT2D eigenvalue weighted by Gasteiger charge is -2.15. The van der Waals surface area contributed by atoms with Crippen molar-refractivity contribution in [2.75, 3.05) is 40.1 Å². The highest BCUT2D eigenvalue weighted by Crippen LogP contribution is 2.10. The Morgan fingerprint density at radius 2 is 2.38 bits per heavy atom. The first-order chi connectivity index (χ1) is 6.36. The fraction of sp³-hybridized carbons (Fsp3) is 1.00. The van der Waals surface area contributed by atoms with E-state index in [1.165, 1.54) is 0 Å². The van der Waals surface area contributed by atoms with Gasteiger partial charge in [0.25, 0.3) is 0 Å². The third kappa shape index (κ3) is 5.17. The molecule has 5 nitrogen and oxygen atoms in total. The summed E-state index contributed by atoms with van der Waals surface area (Å²) < 4.78 is 20.3. The van der Waals surface area contributed by atoms with E-state index in [4.69, 9.17) is 24.1 Å². The maximum absolute atomic E-state index is 8.45. The minimum Gasteiger partial charge on any atom is -0.394 e. The number of epoxide rings is 1. The molecule has 1 aliphatic rings. The largest absolute Gasteiger partial charge is 0.394 e. The standard InChI is InChI=1S/C8H16O5/c1-10-8(6-11-3-2-9)13-5-7-4-12-7/h7-9H,2-6H2,1H3. The second-order valence-electron chi connectivity index (χ2n) is 2.75. The molecule has 0 aromatic heterocycles. The molecule has 1 saturated heterocycles. The molecule has 2 atom stereocenters. The molecular weight excluding hydrogens is 176 g/mol. The van der Waals surface area contributed by atoms with E-state index < -0.39 is 0 Å². The van der Waals surface area contributed by atoms with Crippen LogP contribution in [0, 0.1) is 0 Å². The molecule has 0 amide bonds. The van der Waals surface area contributed by atoms with Crippen LogP contribution in [-0.2, 0) is 18.9 Å². The molecule has 0 aromatic carbocycles. The molecule has 0 radical (unpaired) electrons. The maximum atomic E-state index is 8.45. The summed E-state index contributed by atoms with van der Waals surface area (Å²) in [5.74, 6) is 0. The van der Waals surface area contributed by atoms with Crippen molar-refractivity contribution in [3.05, 3.63) is 0 Å². The molecule has 0 bridgehead atoms. The lowest BCUT2D eigenvalue weighted by Crippen LogP contribution is -2.24. The van der Waals surface area contributed by atoms with Crippen molar-refractivity contribution in [2.24, 2.45) is 0 Å². The van der Waals surface area contributed by atoms with Gasteiger partial charge < -0.3 is 24.1 Å². The van der Waals surface area contributed by atoms with Crippen molar-refractivity contribution in [3.63, 3.8) is 0 Å². The van der Waals surface area contributed by atoms with Crippen LogP contribution in [0.3, 0.4) is 0 Å². The van der Waals surface area contributed by atoms with Crippen LogP contribution < -0.4 is 0 Å². The van der Waals surface area contributed by atoms with E-state index in [0.29, 0.717) is 19.8 Å². The van der Waals surface area contributed by atoms with Crippen LogP contribution in [-0.4, -0.2) is 57.6 Å². The maximum Gasteiger partial charge on any atom is 0.180 e. The fourth-order valence-electron chi connectivity index (χ4n) is 0.807. The molecule has 0 saturated carbocycles. The van der Waals surface area contributed by atoms with Gasteiger partial charge in [0.1, 0.15) is 6.10 Å². The van der Waals surface area contributed by atoms with Gasteiger partial charge in [-0.25, -0.2) is 0 Å². The van der Waals surface area contributed by atoms with Crippen LogP contribution in [0.15, 0.2) is 0 Å². The van der Waals surface area contributed by atoms with Gasteiger partial charge in [0.2, 0.25) is 0 Å². The van der Waals surface area contributed by atoms with Gasteiger partial charge in [0, 0.05) is 7.11 Å². The second kappa shape index (κ2) is 6.28. The number of hydrogen-bond acceptors (Lipinski definition) is 5. The van der Waals surface area contributed by atoms with Crippen LogP contribution in [0.4, 0.5) is 0 Å². The van der Waals surface area contributed by atoms with Gasteiger partial charge in [-0.2, -0.15) is 0 Å². The van der Waals surface area contributed by atoms with Crippen LogP contribution in [0.5, 0.6) is 0 Å². The molecular formula is C8H16O5. The average Bonchev–Trinajstić information content (AvgIpc) is 2.94. The smallest absolute Gasteiger partial charge is 0.180 e. The summed E-state index contributed by atoms with van der Waals surface area (Å²) in [7, 11) is 1.56. The Kier molecular flexibility index (Phi) is 5.26. The van der Waals surface area contributed by atoms with Gasteiger partial charge in [-0.1, -0.05) is 0 Å². The Morgan fingerprint density at radius 1 is 1.62 bits per heavy atom. The number of hydrogen-bond donors (Lipinski definition) is 1. The first kappa shape index (κ1) is 10.9. The Hall–Kier alpha value is -0.200. The molecule has 2 unspecified atom stereocenters. The highest BCUT2D eigenvalue weighted by molar-refractivity contribution is 4.67. The minimum absolute atomic E-state index is 0.0160. The van der Waals surface area contributed by atoms with E-state index in [-0.39, 0.29) is 19.0 Å². The third-order valence-corrected chi connectivity index (χ3v) is 1.62. The van der Waals surface area contributed by atoms with Gasteiger partial charge >= 0.3 is 0 Å². The van der Waals surface area contributed by atoms with Crippen molar-refractivity contribution in [1.29, 1.82) is 0 Å². The molecule has 0 spiro atoms. The molecule has 1 fully saturated rings. The van der Waals surface area contributed by atoms with E-state index in [2.05, 4.69) is 0 Å². The zero-order chi connectivity index (χ0) is 9.52. The Balaban J connectivity index is 1.95. The van der Waals surface area contributed by atoms with Gasteiger partial charge in [0.15, 0.2) is 6.29 Å². The van der Waals surface area contributed by atoms with E-state index in [0.717, 1.165) is 6.61 Å². The van der Waals surface area contributed by atoms with Gasteiger partial charge in [0.05, 0.1) is 33.0 Å². The molecule has 78 valence electrons. The van der Waals surface area contributed by atoms with Crippen LogP contribution in [0.25, 0.3) is 0 Å². The van der Waals surface area contributed by atoms with Crippen LogP contribution in [0.2, 0.25) is 0 Å². The molecule has 1 rings (SSSR count). The monoisotopic (exact) mass is 192 g/mol. The third-order valence-electron chi connectivity index (χ3n) is 1.62. The number of methoxy groups -OCH3 is 1.